The molecule has 0 aliphatic heterocycles. The minimum atomic E-state index is -0.174. The second-order valence-corrected chi connectivity index (χ2v) is 7.96. The van der Waals surface area contributed by atoms with Crippen LogP contribution < -0.4 is 10.1 Å². The van der Waals surface area contributed by atoms with Crippen LogP contribution in [0.1, 0.15) is 37.5 Å². The molecule has 0 aliphatic carbocycles. The highest BCUT2D eigenvalue weighted by Gasteiger charge is 2.15. The van der Waals surface area contributed by atoms with Gasteiger partial charge in [0.25, 0.3) is 5.91 Å². The Hall–Kier alpha value is -1.81. The van der Waals surface area contributed by atoms with Gasteiger partial charge in [0, 0.05) is 5.69 Å². The molecule has 0 bridgehead atoms. The average Bonchev–Trinajstić information content (AvgIpc) is 2.43. The predicted molar refractivity (Wildman–Crippen MR) is 103 cm³/mol. The van der Waals surface area contributed by atoms with Crippen molar-refractivity contribution in [1.29, 1.82) is 0 Å². The molecular weight excluding hydrogens is 366 g/mol. The first-order valence-electron chi connectivity index (χ1n) is 7.96. The summed E-state index contributed by atoms with van der Waals surface area (Å²) in [6.07, 6.45) is 0. The van der Waals surface area contributed by atoms with Crippen LogP contribution in [-0.4, -0.2) is 12.5 Å². The fourth-order valence-electron chi connectivity index (χ4n) is 2.47. The highest BCUT2D eigenvalue weighted by atomic mass is 79.9. The largest absolute Gasteiger partial charge is 0.483 e. The van der Waals surface area contributed by atoms with Crippen LogP contribution in [0.3, 0.4) is 0 Å². The molecule has 0 heterocycles. The summed E-state index contributed by atoms with van der Waals surface area (Å²) in [4.78, 5) is 12.1. The molecule has 4 heteroatoms. The number of anilines is 1. The van der Waals surface area contributed by atoms with E-state index in [0.29, 0.717) is 5.75 Å². The Bertz CT molecular complexity index is 728. The SMILES string of the molecule is Cc1cc(C)cc(NC(=O)COc2ccc(C(C)(C)C)cc2Br)c1. The minimum Gasteiger partial charge on any atom is -0.483 e. The van der Waals surface area contributed by atoms with Crippen molar-refractivity contribution in [3.8, 4) is 5.75 Å². The maximum absolute atomic E-state index is 12.1. The molecule has 2 aromatic rings. The lowest BCUT2D eigenvalue weighted by Gasteiger charge is -2.20. The lowest BCUT2D eigenvalue weighted by atomic mass is 9.87. The van der Waals surface area contributed by atoms with Crippen LogP contribution in [0.2, 0.25) is 0 Å². The van der Waals surface area contributed by atoms with Crippen molar-refractivity contribution in [3.63, 3.8) is 0 Å². The van der Waals surface area contributed by atoms with Crippen molar-refractivity contribution in [2.75, 3.05) is 11.9 Å². The van der Waals surface area contributed by atoms with Gasteiger partial charge in [-0.3, -0.25) is 4.79 Å². The summed E-state index contributed by atoms with van der Waals surface area (Å²) in [5.74, 6) is 0.491. The number of nitrogens with one attached hydrogen (secondary N) is 1. The smallest absolute Gasteiger partial charge is 0.262 e. The van der Waals surface area contributed by atoms with E-state index in [1.807, 2.05) is 44.2 Å². The molecule has 0 saturated heterocycles. The van der Waals surface area contributed by atoms with Gasteiger partial charge in [0.05, 0.1) is 4.47 Å². The first-order valence-corrected chi connectivity index (χ1v) is 8.75. The molecule has 1 amide bonds. The molecule has 128 valence electrons. The summed E-state index contributed by atoms with van der Waals surface area (Å²) >= 11 is 3.52. The second-order valence-electron chi connectivity index (χ2n) is 7.11. The van der Waals surface area contributed by atoms with Gasteiger partial charge in [0.2, 0.25) is 0 Å². The van der Waals surface area contributed by atoms with Crippen LogP contribution in [0.4, 0.5) is 5.69 Å². The van der Waals surface area contributed by atoms with Crippen molar-refractivity contribution >= 4 is 27.5 Å². The number of halogens is 1. The molecule has 24 heavy (non-hydrogen) atoms. The predicted octanol–water partition coefficient (Wildman–Crippen LogP) is 5.38. The fourth-order valence-corrected chi connectivity index (χ4v) is 2.96. The Morgan fingerprint density at radius 3 is 2.25 bits per heavy atom. The molecule has 0 fully saturated rings. The third kappa shape index (κ3) is 5.10. The van der Waals surface area contributed by atoms with Gasteiger partial charge in [-0.05, 0) is 76.1 Å². The third-order valence-corrected chi connectivity index (χ3v) is 4.28. The Kier molecular flexibility index (Phi) is 5.70. The van der Waals surface area contributed by atoms with Gasteiger partial charge >= 0.3 is 0 Å². The van der Waals surface area contributed by atoms with Crippen molar-refractivity contribution in [2.24, 2.45) is 0 Å². The van der Waals surface area contributed by atoms with Gasteiger partial charge in [-0.1, -0.05) is 32.9 Å². The maximum Gasteiger partial charge on any atom is 0.262 e. The van der Waals surface area contributed by atoms with Gasteiger partial charge in [-0.25, -0.2) is 0 Å². The molecule has 0 aliphatic rings. The second kappa shape index (κ2) is 7.39. The van der Waals surface area contributed by atoms with Crippen LogP contribution in [0.5, 0.6) is 5.75 Å². The van der Waals surface area contributed by atoms with E-state index in [9.17, 15) is 4.79 Å². The Morgan fingerprint density at radius 2 is 1.71 bits per heavy atom. The average molecular weight is 390 g/mol. The summed E-state index contributed by atoms with van der Waals surface area (Å²) in [7, 11) is 0. The topological polar surface area (TPSA) is 38.3 Å². The van der Waals surface area contributed by atoms with Gasteiger partial charge in [0.1, 0.15) is 5.75 Å². The molecule has 3 nitrogen and oxygen atoms in total. The molecule has 2 aromatic carbocycles. The molecule has 0 atom stereocenters. The number of carbonyl (C=O) groups excluding carboxylic acids is 1. The van der Waals surface area contributed by atoms with Gasteiger partial charge < -0.3 is 10.1 Å². The van der Waals surface area contributed by atoms with Crippen molar-refractivity contribution in [2.45, 2.75) is 40.0 Å². The van der Waals surface area contributed by atoms with Crippen molar-refractivity contribution < 1.29 is 9.53 Å². The van der Waals surface area contributed by atoms with Crippen LogP contribution in [-0.2, 0) is 10.2 Å². The van der Waals surface area contributed by atoms with Gasteiger partial charge in [-0.2, -0.15) is 0 Å². The lowest BCUT2D eigenvalue weighted by molar-refractivity contribution is -0.118. The molecule has 0 saturated carbocycles. The molecule has 0 radical (unpaired) electrons. The highest BCUT2D eigenvalue weighted by molar-refractivity contribution is 9.10. The molecule has 1 N–H and O–H groups in total. The van der Waals surface area contributed by atoms with Gasteiger partial charge in [0.15, 0.2) is 6.61 Å². The first-order chi connectivity index (χ1) is 11.1. The monoisotopic (exact) mass is 389 g/mol. The number of carbonyl (C=O) groups is 1. The van der Waals surface area contributed by atoms with Gasteiger partial charge in [-0.15, -0.1) is 0 Å². The van der Waals surface area contributed by atoms with Crippen molar-refractivity contribution in [1.82, 2.24) is 0 Å². The molecule has 2 rings (SSSR count). The molecule has 0 unspecified atom stereocenters. The van der Waals surface area contributed by atoms with Crippen LogP contribution in [0.15, 0.2) is 40.9 Å². The van der Waals surface area contributed by atoms with E-state index in [1.54, 1.807) is 0 Å². The van der Waals surface area contributed by atoms with E-state index >= 15 is 0 Å². The standard InChI is InChI=1S/C20H24BrNO2/c1-13-8-14(2)10-16(9-13)22-19(23)12-24-18-7-6-15(11-17(18)21)20(3,4)5/h6-11H,12H2,1-5H3,(H,22,23). The Labute approximate surface area is 152 Å². The Morgan fingerprint density at radius 1 is 1.08 bits per heavy atom. The number of amides is 1. The van der Waals surface area contributed by atoms with Crippen LogP contribution >= 0.6 is 15.9 Å². The molecule has 0 spiro atoms. The van der Waals surface area contributed by atoms with E-state index in [4.69, 9.17) is 4.74 Å². The summed E-state index contributed by atoms with van der Waals surface area (Å²) in [6, 6.07) is 11.9. The quantitative estimate of drug-likeness (QED) is 0.761. The number of aryl methyl sites for hydroxylation is 2. The number of hydrogen-bond donors (Lipinski definition) is 1. The van der Waals surface area contributed by atoms with Crippen LogP contribution in [0, 0.1) is 13.8 Å². The number of rotatable bonds is 4. The van der Waals surface area contributed by atoms with E-state index in [0.717, 1.165) is 21.3 Å². The van der Waals surface area contributed by atoms with Crippen molar-refractivity contribution in [3.05, 3.63) is 57.6 Å². The van der Waals surface area contributed by atoms with E-state index < -0.39 is 0 Å². The Balaban J connectivity index is 1.99. The maximum atomic E-state index is 12.1. The molecular formula is C20H24BrNO2. The zero-order chi connectivity index (χ0) is 17.9. The van der Waals surface area contributed by atoms with E-state index in [-0.39, 0.29) is 17.9 Å². The number of benzene rings is 2. The summed E-state index contributed by atoms with van der Waals surface area (Å²) < 4.78 is 6.50. The lowest BCUT2D eigenvalue weighted by Crippen LogP contribution is -2.20. The van der Waals surface area contributed by atoms with E-state index in [2.05, 4.69) is 48.1 Å². The summed E-state index contributed by atoms with van der Waals surface area (Å²) in [5.41, 5.74) is 4.31. The number of hydrogen-bond acceptors (Lipinski definition) is 2. The number of ether oxygens (including phenoxy) is 1. The van der Waals surface area contributed by atoms with Crippen LogP contribution in [0.25, 0.3) is 0 Å². The minimum absolute atomic E-state index is 0.0273. The summed E-state index contributed by atoms with van der Waals surface area (Å²) in [6.45, 7) is 10.5. The first kappa shape index (κ1) is 18.5. The summed E-state index contributed by atoms with van der Waals surface area (Å²) in [5, 5.41) is 2.87. The van der Waals surface area contributed by atoms with E-state index in [1.165, 1.54) is 5.56 Å². The fraction of sp³-hybridized carbons (Fsp3) is 0.350. The normalized spacial score (nSPS) is 11.2. The molecule has 0 aromatic heterocycles. The third-order valence-electron chi connectivity index (χ3n) is 3.66. The highest BCUT2D eigenvalue weighted by Crippen LogP contribution is 2.31. The zero-order valence-corrected chi connectivity index (χ0v) is 16.5. The zero-order valence-electron chi connectivity index (χ0n) is 14.9.